The second kappa shape index (κ2) is 4.52. The molecule has 0 saturated carbocycles. The maximum absolute atomic E-state index is 13.2. The summed E-state index contributed by atoms with van der Waals surface area (Å²) in [7, 11) is 0. The Balaban J connectivity index is 2.22. The number of halogens is 1. The summed E-state index contributed by atoms with van der Waals surface area (Å²) in [6.45, 7) is 0. The van der Waals surface area contributed by atoms with Gasteiger partial charge < -0.3 is 5.11 Å². The molecule has 2 N–H and O–H groups in total. The molecular formula is C12H11FN2O2. The molecule has 1 aromatic carbocycles. The van der Waals surface area contributed by atoms with Gasteiger partial charge in [0, 0.05) is 6.04 Å². The normalized spacial score (nSPS) is 23.3. The molecule has 1 aromatic rings. The van der Waals surface area contributed by atoms with Crippen LogP contribution in [-0.4, -0.2) is 17.1 Å². The molecule has 0 amide bonds. The molecule has 1 heterocycles. The molecule has 2 atom stereocenters. The first kappa shape index (κ1) is 11.6. The predicted molar refractivity (Wildman–Crippen MR) is 57.6 cm³/mol. The van der Waals surface area contributed by atoms with E-state index in [9.17, 15) is 9.18 Å². The molecule has 0 aromatic heterocycles. The Kier molecular flexibility index (Phi) is 3.07. The van der Waals surface area contributed by atoms with Crippen molar-refractivity contribution in [3.05, 3.63) is 35.1 Å². The number of hydrogen-bond donors (Lipinski definition) is 2. The highest BCUT2D eigenvalue weighted by Crippen LogP contribution is 2.27. The van der Waals surface area contributed by atoms with Crippen molar-refractivity contribution in [2.45, 2.75) is 24.9 Å². The van der Waals surface area contributed by atoms with Crippen LogP contribution in [0.3, 0.4) is 0 Å². The smallest absolute Gasteiger partial charge is 0.320 e. The van der Waals surface area contributed by atoms with E-state index in [2.05, 4.69) is 5.32 Å². The zero-order chi connectivity index (χ0) is 12.4. The topological polar surface area (TPSA) is 73.1 Å². The van der Waals surface area contributed by atoms with Gasteiger partial charge in [0.1, 0.15) is 11.9 Å². The van der Waals surface area contributed by atoms with Crippen molar-refractivity contribution in [3.8, 4) is 6.07 Å². The Hall–Kier alpha value is -1.93. The molecule has 5 heteroatoms. The molecule has 17 heavy (non-hydrogen) atoms. The summed E-state index contributed by atoms with van der Waals surface area (Å²) in [4.78, 5) is 10.8. The van der Waals surface area contributed by atoms with Crippen LogP contribution in [-0.2, 0) is 4.79 Å². The molecule has 1 aliphatic rings. The Labute approximate surface area is 97.7 Å². The highest BCUT2D eigenvalue weighted by molar-refractivity contribution is 5.74. The first-order valence-electron chi connectivity index (χ1n) is 5.29. The Morgan fingerprint density at radius 2 is 2.24 bits per heavy atom. The van der Waals surface area contributed by atoms with E-state index in [0.29, 0.717) is 18.4 Å². The standard InChI is InChI=1S/C12H11FN2O2/c13-9-4-7(6-14)3-8(5-9)10-1-2-11(15-10)12(16)17/h3-5,10-11,15H,1-2H2,(H,16,17)/t10-,11+/m0/s1. The molecule has 4 nitrogen and oxygen atoms in total. The molecule has 1 fully saturated rings. The number of nitrogens with zero attached hydrogens (tertiary/aromatic N) is 1. The average molecular weight is 234 g/mol. The number of rotatable bonds is 2. The van der Waals surface area contributed by atoms with Crippen LogP contribution < -0.4 is 5.32 Å². The van der Waals surface area contributed by atoms with Crippen molar-refractivity contribution in [3.63, 3.8) is 0 Å². The van der Waals surface area contributed by atoms with Crippen molar-refractivity contribution < 1.29 is 14.3 Å². The number of carboxylic acids is 1. The summed E-state index contributed by atoms with van der Waals surface area (Å²) in [6, 6.07) is 5.18. The van der Waals surface area contributed by atoms with Gasteiger partial charge in [0.25, 0.3) is 0 Å². The minimum absolute atomic E-state index is 0.195. The number of benzene rings is 1. The van der Waals surface area contributed by atoms with Crippen LogP contribution >= 0.6 is 0 Å². The summed E-state index contributed by atoms with van der Waals surface area (Å²) in [5.74, 6) is -1.37. The van der Waals surface area contributed by atoms with E-state index < -0.39 is 17.8 Å². The van der Waals surface area contributed by atoms with Crippen LogP contribution in [0.4, 0.5) is 4.39 Å². The molecule has 1 saturated heterocycles. The predicted octanol–water partition coefficient (Wildman–Crippen LogP) is 1.58. The lowest BCUT2D eigenvalue weighted by Crippen LogP contribution is -2.31. The third-order valence-corrected chi connectivity index (χ3v) is 2.90. The molecule has 0 spiro atoms. The van der Waals surface area contributed by atoms with Crippen molar-refractivity contribution in [2.24, 2.45) is 0 Å². The number of carbonyl (C=O) groups is 1. The Bertz CT molecular complexity index is 496. The van der Waals surface area contributed by atoms with E-state index in [1.807, 2.05) is 6.07 Å². The SMILES string of the molecule is N#Cc1cc(F)cc([C@@H]2CC[C@H](C(=O)O)N2)c1. The number of aliphatic carboxylic acids is 1. The summed E-state index contributed by atoms with van der Waals surface area (Å²) >= 11 is 0. The maximum Gasteiger partial charge on any atom is 0.320 e. The van der Waals surface area contributed by atoms with Gasteiger partial charge in [-0.05, 0) is 36.6 Å². The maximum atomic E-state index is 13.2. The summed E-state index contributed by atoms with van der Waals surface area (Å²) < 4.78 is 13.2. The van der Waals surface area contributed by atoms with Gasteiger partial charge in [-0.25, -0.2) is 4.39 Å². The van der Waals surface area contributed by atoms with Gasteiger partial charge in [0.05, 0.1) is 11.6 Å². The first-order chi connectivity index (χ1) is 8.10. The number of nitriles is 1. The van der Waals surface area contributed by atoms with Crippen LogP contribution in [0, 0.1) is 17.1 Å². The van der Waals surface area contributed by atoms with Crippen LogP contribution in [0.2, 0.25) is 0 Å². The second-order valence-electron chi connectivity index (χ2n) is 4.07. The molecule has 0 radical (unpaired) electrons. The lowest BCUT2D eigenvalue weighted by Gasteiger charge is -2.12. The second-order valence-corrected chi connectivity index (χ2v) is 4.07. The van der Waals surface area contributed by atoms with Gasteiger partial charge in [-0.1, -0.05) is 0 Å². The molecule has 2 rings (SSSR count). The van der Waals surface area contributed by atoms with Crippen LogP contribution in [0.15, 0.2) is 18.2 Å². The van der Waals surface area contributed by atoms with Gasteiger partial charge in [-0.15, -0.1) is 0 Å². The number of carboxylic acid groups (broad SMARTS) is 1. The van der Waals surface area contributed by atoms with Crippen molar-refractivity contribution >= 4 is 5.97 Å². The zero-order valence-electron chi connectivity index (χ0n) is 8.98. The van der Waals surface area contributed by atoms with E-state index in [1.165, 1.54) is 6.07 Å². The average Bonchev–Trinajstić information content (AvgIpc) is 2.77. The fraction of sp³-hybridized carbons (Fsp3) is 0.333. The van der Waals surface area contributed by atoms with Crippen molar-refractivity contribution in [1.82, 2.24) is 5.32 Å². The minimum Gasteiger partial charge on any atom is -0.480 e. The monoisotopic (exact) mass is 234 g/mol. The lowest BCUT2D eigenvalue weighted by molar-refractivity contribution is -0.139. The van der Waals surface area contributed by atoms with E-state index in [4.69, 9.17) is 10.4 Å². The van der Waals surface area contributed by atoms with Crippen molar-refractivity contribution in [2.75, 3.05) is 0 Å². The van der Waals surface area contributed by atoms with Crippen molar-refractivity contribution in [1.29, 1.82) is 5.26 Å². The van der Waals surface area contributed by atoms with E-state index in [1.54, 1.807) is 6.07 Å². The van der Waals surface area contributed by atoms with Crippen LogP contribution in [0.5, 0.6) is 0 Å². The lowest BCUT2D eigenvalue weighted by atomic mass is 10.0. The Morgan fingerprint density at radius 3 is 2.82 bits per heavy atom. The first-order valence-corrected chi connectivity index (χ1v) is 5.29. The number of nitrogens with one attached hydrogen (secondary N) is 1. The van der Waals surface area contributed by atoms with E-state index in [-0.39, 0.29) is 11.6 Å². The fourth-order valence-corrected chi connectivity index (χ4v) is 2.08. The van der Waals surface area contributed by atoms with E-state index in [0.717, 1.165) is 6.07 Å². The van der Waals surface area contributed by atoms with Crippen LogP contribution in [0.25, 0.3) is 0 Å². The molecular weight excluding hydrogens is 223 g/mol. The van der Waals surface area contributed by atoms with E-state index >= 15 is 0 Å². The molecule has 0 unspecified atom stereocenters. The fourth-order valence-electron chi connectivity index (χ4n) is 2.08. The van der Waals surface area contributed by atoms with Gasteiger partial charge in [-0.2, -0.15) is 5.26 Å². The minimum atomic E-state index is -0.899. The van der Waals surface area contributed by atoms with Gasteiger partial charge >= 0.3 is 5.97 Å². The third-order valence-electron chi connectivity index (χ3n) is 2.90. The molecule has 1 aliphatic heterocycles. The zero-order valence-corrected chi connectivity index (χ0v) is 8.98. The number of hydrogen-bond acceptors (Lipinski definition) is 3. The molecule has 0 bridgehead atoms. The molecule has 88 valence electrons. The summed E-state index contributed by atoms with van der Waals surface area (Å²) in [5.41, 5.74) is 0.880. The van der Waals surface area contributed by atoms with Gasteiger partial charge in [-0.3, -0.25) is 10.1 Å². The van der Waals surface area contributed by atoms with Gasteiger partial charge in [0.15, 0.2) is 0 Å². The summed E-state index contributed by atoms with van der Waals surface area (Å²) in [6.07, 6.45) is 1.14. The summed E-state index contributed by atoms with van der Waals surface area (Å²) in [5, 5.41) is 20.5. The highest BCUT2D eigenvalue weighted by atomic mass is 19.1. The Morgan fingerprint density at radius 1 is 1.47 bits per heavy atom. The van der Waals surface area contributed by atoms with Gasteiger partial charge in [0.2, 0.25) is 0 Å². The van der Waals surface area contributed by atoms with Crippen LogP contribution in [0.1, 0.15) is 30.0 Å². The quantitative estimate of drug-likeness (QED) is 0.814. The highest BCUT2D eigenvalue weighted by Gasteiger charge is 2.29. The largest absolute Gasteiger partial charge is 0.480 e. The third kappa shape index (κ3) is 2.43. The molecule has 0 aliphatic carbocycles.